The van der Waals surface area contributed by atoms with E-state index in [1.807, 2.05) is 36.1 Å². The SMILES string of the molecule is Cc1ccc(CN(Cc2cccs2)C2CCN(C(=O)c3ccc(C)cc3)[C@@H](C(=O)NC3CCC(N)CC3)C2)cc1. The van der Waals surface area contributed by atoms with Gasteiger partial charge in [-0.2, -0.15) is 0 Å². The number of amides is 2. The van der Waals surface area contributed by atoms with Crippen molar-refractivity contribution >= 4 is 23.2 Å². The van der Waals surface area contributed by atoms with Gasteiger partial charge in [-0.15, -0.1) is 11.3 Å². The summed E-state index contributed by atoms with van der Waals surface area (Å²) in [5.41, 5.74) is 10.4. The predicted octanol–water partition coefficient (Wildman–Crippen LogP) is 5.43. The molecule has 5 rings (SSSR count). The first-order valence-corrected chi connectivity index (χ1v) is 15.5. The number of piperidine rings is 1. The minimum absolute atomic E-state index is 0.0305. The average Bonchev–Trinajstić information content (AvgIpc) is 3.48. The van der Waals surface area contributed by atoms with Crippen LogP contribution in [0.3, 0.4) is 0 Å². The van der Waals surface area contributed by atoms with Crippen molar-refractivity contribution in [1.29, 1.82) is 0 Å². The van der Waals surface area contributed by atoms with E-state index in [0.717, 1.165) is 50.8 Å². The van der Waals surface area contributed by atoms with Gasteiger partial charge in [0.25, 0.3) is 5.91 Å². The summed E-state index contributed by atoms with van der Waals surface area (Å²) in [4.78, 5) is 33.2. The van der Waals surface area contributed by atoms with Gasteiger partial charge in [0, 0.05) is 48.2 Å². The summed E-state index contributed by atoms with van der Waals surface area (Å²) in [5, 5.41) is 5.43. The van der Waals surface area contributed by atoms with Crippen molar-refractivity contribution in [2.75, 3.05) is 6.54 Å². The van der Waals surface area contributed by atoms with E-state index in [1.54, 1.807) is 11.3 Å². The number of nitrogens with one attached hydrogen (secondary N) is 1. The summed E-state index contributed by atoms with van der Waals surface area (Å²) >= 11 is 1.77. The van der Waals surface area contributed by atoms with Crippen LogP contribution in [0.25, 0.3) is 0 Å². The Balaban J connectivity index is 1.38. The minimum Gasteiger partial charge on any atom is -0.352 e. The van der Waals surface area contributed by atoms with Gasteiger partial charge in [0.05, 0.1) is 0 Å². The first kappa shape index (κ1) is 28.5. The molecule has 7 heteroatoms. The Morgan fingerprint density at radius 1 is 0.925 bits per heavy atom. The van der Waals surface area contributed by atoms with Crippen LogP contribution in [0.4, 0.5) is 0 Å². The van der Waals surface area contributed by atoms with Crippen molar-refractivity contribution in [1.82, 2.24) is 15.1 Å². The van der Waals surface area contributed by atoms with E-state index in [2.05, 4.69) is 58.9 Å². The zero-order valence-electron chi connectivity index (χ0n) is 23.7. The maximum Gasteiger partial charge on any atom is 0.254 e. The number of aryl methyl sites for hydroxylation is 2. The van der Waals surface area contributed by atoms with Crippen molar-refractivity contribution in [2.24, 2.45) is 5.73 Å². The maximum absolute atomic E-state index is 13.9. The number of carbonyl (C=O) groups excluding carboxylic acids is 2. The number of thiophene rings is 1. The zero-order chi connectivity index (χ0) is 28.1. The molecule has 3 aromatic rings. The lowest BCUT2D eigenvalue weighted by atomic mass is 9.90. The molecule has 6 nitrogen and oxygen atoms in total. The highest BCUT2D eigenvalue weighted by molar-refractivity contribution is 7.09. The molecule has 1 aliphatic carbocycles. The van der Waals surface area contributed by atoms with Crippen LogP contribution in [0.1, 0.15) is 70.5 Å². The molecular formula is C33H42N4O2S. The van der Waals surface area contributed by atoms with Crippen LogP contribution in [-0.4, -0.2) is 52.3 Å². The third-order valence-electron chi connectivity index (χ3n) is 8.52. The van der Waals surface area contributed by atoms with Crippen LogP contribution < -0.4 is 11.1 Å². The van der Waals surface area contributed by atoms with Gasteiger partial charge in [0.1, 0.15) is 6.04 Å². The third-order valence-corrected chi connectivity index (χ3v) is 9.38. The number of carbonyl (C=O) groups is 2. The Hall–Kier alpha value is -3.00. The Kier molecular flexibility index (Phi) is 9.35. The third kappa shape index (κ3) is 7.19. The second-order valence-corrected chi connectivity index (χ2v) is 12.7. The monoisotopic (exact) mass is 558 g/mol. The molecule has 2 aromatic carbocycles. The maximum atomic E-state index is 13.9. The molecule has 2 aliphatic rings. The quantitative estimate of drug-likeness (QED) is 0.387. The van der Waals surface area contributed by atoms with E-state index in [1.165, 1.54) is 16.0 Å². The highest BCUT2D eigenvalue weighted by Gasteiger charge is 2.39. The van der Waals surface area contributed by atoms with Crippen molar-refractivity contribution in [3.63, 3.8) is 0 Å². The van der Waals surface area contributed by atoms with Gasteiger partial charge in [0.15, 0.2) is 0 Å². The molecule has 1 aromatic heterocycles. The van der Waals surface area contributed by atoms with E-state index >= 15 is 0 Å². The summed E-state index contributed by atoms with van der Waals surface area (Å²) in [7, 11) is 0. The molecule has 1 saturated heterocycles. The van der Waals surface area contributed by atoms with E-state index in [9.17, 15) is 9.59 Å². The summed E-state index contributed by atoms with van der Waals surface area (Å²) in [5.74, 6) is -0.0929. The number of nitrogens with two attached hydrogens (primary N) is 1. The Bertz CT molecular complexity index is 1250. The van der Waals surface area contributed by atoms with Gasteiger partial charge in [-0.25, -0.2) is 0 Å². The topological polar surface area (TPSA) is 78.7 Å². The predicted molar refractivity (Wildman–Crippen MR) is 162 cm³/mol. The van der Waals surface area contributed by atoms with E-state index in [-0.39, 0.29) is 29.9 Å². The highest BCUT2D eigenvalue weighted by Crippen LogP contribution is 2.29. The summed E-state index contributed by atoms with van der Waals surface area (Å²) in [6.45, 7) is 6.32. The Labute approximate surface area is 242 Å². The molecule has 3 N–H and O–H groups in total. The zero-order valence-corrected chi connectivity index (χ0v) is 24.5. The smallest absolute Gasteiger partial charge is 0.254 e. The molecule has 2 amide bonds. The lowest BCUT2D eigenvalue weighted by Crippen LogP contribution is -2.58. The first-order chi connectivity index (χ1) is 19.4. The lowest BCUT2D eigenvalue weighted by Gasteiger charge is -2.43. The van der Waals surface area contributed by atoms with E-state index < -0.39 is 6.04 Å². The van der Waals surface area contributed by atoms with Crippen molar-refractivity contribution in [3.8, 4) is 0 Å². The second-order valence-electron chi connectivity index (χ2n) is 11.6. The Morgan fingerprint density at radius 3 is 2.25 bits per heavy atom. The van der Waals surface area contributed by atoms with Crippen LogP contribution >= 0.6 is 11.3 Å². The van der Waals surface area contributed by atoms with Crippen molar-refractivity contribution < 1.29 is 9.59 Å². The molecule has 2 atom stereocenters. The van der Waals surface area contributed by atoms with Gasteiger partial charge >= 0.3 is 0 Å². The molecule has 0 spiro atoms. The minimum atomic E-state index is -0.507. The molecule has 1 unspecified atom stereocenters. The Morgan fingerprint density at radius 2 is 1.60 bits per heavy atom. The average molecular weight is 559 g/mol. The normalized spacial score (nSPS) is 23.2. The van der Waals surface area contributed by atoms with Gasteiger partial charge < -0.3 is 16.0 Å². The molecule has 212 valence electrons. The fourth-order valence-electron chi connectivity index (χ4n) is 6.04. The van der Waals surface area contributed by atoms with Crippen molar-refractivity contribution in [2.45, 2.75) is 89.6 Å². The van der Waals surface area contributed by atoms with Crippen LogP contribution in [0.15, 0.2) is 66.0 Å². The summed E-state index contributed by atoms with van der Waals surface area (Å²) in [6, 6.07) is 20.7. The number of hydrogen-bond acceptors (Lipinski definition) is 5. The molecule has 1 saturated carbocycles. The summed E-state index contributed by atoms with van der Waals surface area (Å²) in [6.07, 6.45) is 5.09. The van der Waals surface area contributed by atoms with E-state index in [4.69, 9.17) is 5.73 Å². The van der Waals surface area contributed by atoms with Crippen LogP contribution in [0.2, 0.25) is 0 Å². The largest absolute Gasteiger partial charge is 0.352 e. The first-order valence-electron chi connectivity index (χ1n) is 14.6. The van der Waals surface area contributed by atoms with Crippen molar-refractivity contribution in [3.05, 3.63) is 93.2 Å². The number of benzene rings is 2. The van der Waals surface area contributed by atoms with Crippen LogP contribution in [0, 0.1) is 13.8 Å². The number of nitrogens with zero attached hydrogens (tertiary/aromatic N) is 2. The molecule has 2 heterocycles. The van der Waals surface area contributed by atoms with E-state index in [0.29, 0.717) is 18.5 Å². The number of rotatable bonds is 8. The lowest BCUT2D eigenvalue weighted by molar-refractivity contribution is -0.128. The standard InChI is InChI=1S/C33H42N4O2S/c1-23-5-9-25(10-6-23)21-36(22-30-4-3-19-40-30)29-17-18-37(33(39)26-11-7-24(2)8-12-26)31(20-29)32(38)35-28-15-13-27(34)14-16-28/h3-12,19,27-29,31H,13-18,20-22,34H2,1-2H3,(H,35,38)/t27?,28?,29?,31-/m1/s1. The molecule has 40 heavy (non-hydrogen) atoms. The van der Waals surface area contributed by atoms with Crippen LogP contribution in [0.5, 0.6) is 0 Å². The number of hydrogen-bond donors (Lipinski definition) is 2. The highest BCUT2D eigenvalue weighted by atomic mass is 32.1. The van der Waals surface area contributed by atoms with Gasteiger partial charge in [-0.3, -0.25) is 14.5 Å². The molecule has 2 fully saturated rings. The van der Waals surface area contributed by atoms with Gasteiger partial charge in [-0.1, -0.05) is 53.6 Å². The molecular weight excluding hydrogens is 516 g/mol. The summed E-state index contributed by atoms with van der Waals surface area (Å²) < 4.78 is 0. The molecule has 0 radical (unpaired) electrons. The molecule has 0 bridgehead atoms. The van der Waals surface area contributed by atoms with Gasteiger partial charge in [-0.05, 0) is 81.5 Å². The van der Waals surface area contributed by atoms with Gasteiger partial charge in [0.2, 0.25) is 5.91 Å². The van der Waals surface area contributed by atoms with Crippen LogP contribution in [-0.2, 0) is 17.9 Å². The fraction of sp³-hybridized carbons (Fsp3) is 0.455. The second kappa shape index (κ2) is 13.1. The molecule has 1 aliphatic heterocycles. The fourth-order valence-corrected chi connectivity index (χ4v) is 6.77. The number of likely N-dealkylation sites (tertiary alicyclic amines) is 1.